The first kappa shape index (κ1) is 21.5. The second kappa shape index (κ2) is 9.25. The fraction of sp³-hybridized carbons (Fsp3) is 0.500. The van der Waals surface area contributed by atoms with Crippen LogP contribution in [0.2, 0.25) is 0 Å². The zero-order valence-electron chi connectivity index (χ0n) is 19.0. The number of aryl methyl sites for hydroxylation is 1. The molecule has 0 radical (unpaired) electrons. The summed E-state index contributed by atoms with van der Waals surface area (Å²) < 4.78 is 6.65. The molecule has 2 aromatic heterocycles. The number of hydrogen-bond acceptors (Lipinski definition) is 7. The lowest BCUT2D eigenvalue weighted by Crippen LogP contribution is -2.50. The highest BCUT2D eigenvalue weighted by atomic mass is 16.4. The first-order valence-corrected chi connectivity index (χ1v) is 11.8. The minimum Gasteiger partial charge on any atom is -0.408 e. The quantitative estimate of drug-likeness (QED) is 0.638. The lowest BCUT2D eigenvalue weighted by atomic mass is 9.96. The molecule has 9 heteroatoms. The number of amides is 1. The second-order valence-electron chi connectivity index (χ2n) is 8.96. The summed E-state index contributed by atoms with van der Waals surface area (Å²) in [6.45, 7) is 4.51. The Labute approximate surface area is 192 Å². The number of hydrogen-bond donors (Lipinski definition) is 1. The van der Waals surface area contributed by atoms with Crippen LogP contribution in [0, 0.1) is 6.92 Å². The average molecular weight is 451 g/mol. The van der Waals surface area contributed by atoms with Gasteiger partial charge in [0, 0.05) is 44.0 Å². The molecule has 0 unspecified atom stereocenters. The van der Waals surface area contributed by atoms with Crippen LogP contribution < -0.4 is 16.0 Å². The predicted octanol–water partition coefficient (Wildman–Crippen LogP) is 2.79. The van der Waals surface area contributed by atoms with Gasteiger partial charge in [-0.15, -0.1) is 0 Å². The molecule has 1 saturated heterocycles. The van der Waals surface area contributed by atoms with Gasteiger partial charge in [0.1, 0.15) is 12.4 Å². The first-order valence-electron chi connectivity index (χ1n) is 11.8. The summed E-state index contributed by atoms with van der Waals surface area (Å²) in [5.41, 5.74) is 2.07. The van der Waals surface area contributed by atoms with E-state index < -0.39 is 5.76 Å². The molecule has 1 amide bonds. The molecule has 2 aliphatic rings. The zero-order chi connectivity index (χ0) is 22.8. The maximum absolute atomic E-state index is 12.9. The number of carbonyl (C=O) groups is 1. The fourth-order valence-electron chi connectivity index (χ4n) is 4.79. The molecule has 2 fully saturated rings. The summed E-state index contributed by atoms with van der Waals surface area (Å²) in [7, 11) is 0. The van der Waals surface area contributed by atoms with Gasteiger partial charge in [-0.3, -0.25) is 9.36 Å². The van der Waals surface area contributed by atoms with Crippen molar-refractivity contribution < 1.29 is 9.21 Å². The summed E-state index contributed by atoms with van der Waals surface area (Å²) in [5, 5.41) is 3.52. The summed E-state index contributed by atoms with van der Waals surface area (Å²) in [5.74, 6) is 1.01. The molecule has 1 aliphatic carbocycles. The van der Waals surface area contributed by atoms with Crippen LogP contribution in [0.3, 0.4) is 0 Å². The molecule has 1 aromatic carbocycles. The topological polar surface area (TPSA) is 96.5 Å². The summed E-state index contributed by atoms with van der Waals surface area (Å²) in [6.07, 6.45) is 6.16. The van der Waals surface area contributed by atoms with Gasteiger partial charge in [-0.2, -0.15) is 4.98 Å². The minimum absolute atomic E-state index is 0.0160. The van der Waals surface area contributed by atoms with E-state index in [2.05, 4.69) is 15.2 Å². The number of carbonyl (C=O) groups excluding carboxylic acids is 1. The average Bonchev–Trinajstić information content (AvgIpc) is 3.14. The molecule has 0 spiro atoms. The van der Waals surface area contributed by atoms with Crippen molar-refractivity contribution in [3.05, 3.63) is 46.6 Å². The monoisotopic (exact) mass is 450 g/mol. The molecule has 1 saturated carbocycles. The minimum atomic E-state index is -0.502. The van der Waals surface area contributed by atoms with Crippen molar-refractivity contribution in [2.45, 2.75) is 51.6 Å². The third-order valence-corrected chi connectivity index (χ3v) is 6.60. The van der Waals surface area contributed by atoms with Crippen LogP contribution in [0.25, 0.3) is 11.1 Å². The van der Waals surface area contributed by atoms with Gasteiger partial charge in [0.2, 0.25) is 11.9 Å². The van der Waals surface area contributed by atoms with Crippen LogP contribution in [0.1, 0.15) is 37.8 Å². The van der Waals surface area contributed by atoms with Gasteiger partial charge in [0.05, 0.1) is 5.52 Å². The molecule has 0 atom stereocenters. The van der Waals surface area contributed by atoms with Gasteiger partial charge in [-0.1, -0.05) is 31.4 Å². The first-order chi connectivity index (χ1) is 16.1. The number of oxazole rings is 1. The van der Waals surface area contributed by atoms with Crippen molar-refractivity contribution in [3.63, 3.8) is 0 Å². The number of nitrogens with one attached hydrogen (secondary N) is 1. The Morgan fingerprint density at radius 1 is 1.09 bits per heavy atom. The molecule has 5 rings (SSSR count). The maximum atomic E-state index is 12.9. The van der Waals surface area contributed by atoms with E-state index in [1.54, 1.807) is 17.0 Å². The van der Waals surface area contributed by atoms with Crippen molar-refractivity contribution in [3.8, 4) is 0 Å². The second-order valence-corrected chi connectivity index (χ2v) is 8.96. The van der Waals surface area contributed by atoms with Crippen molar-refractivity contribution in [1.29, 1.82) is 0 Å². The zero-order valence-corrected chi connectivity index (χ0v) is 19.0. The lowest BCUT2D eigenvalue weighted by Gasteiger charge is -2.35. The number of benzene rings is 1. The SMILES string of the molecule is Cc1cc(N2CCN(C(=O)Cn3c(=O)oc4ccccc43)CC2)nc(NC2CCCCC2)n1. The lowest BCUT2D eigenvalue weighted by molar-refractivity contribution is -0.132. The maximum Gasteiger partial charge on any atom is 0.420 e. The summed E-state index contributed by atoms with van der Waals surface area (Å²) in [4.78, 5) is 38.5. The van der Waals surface area contributed by atoms with Crippen LogP contribution in [-0.2, 0) is 11.3 Å². The molecule has 33 heavy (non-hydrogen) atoms. The summed E-state index contributed by atoms with van der Waals surface area (Å²) in [6, 6.07) is 9.62. The number of para-hydroxylation sites is 2. The predicted molar refractivity (Wildman–Crippen MR) is 127 cm³/mol. The standard InChI is InChI=1S/C24H30N6O3/c1-17-15-21(27-23(25-17)26-18-7-3-2-4-8-18)28-11-13-29(14-12-28)22(31)16-30-19-9-5-6-10-20(19)33-24(30)32/h5-6,9-10,15,18H,2-4,7-8,11-14,16H2,1H3,(H,25,26,27). The number of piperazine rings is 1. The van der Waals surface area contributed by atoms with Crippen LogP contribution in [0.4, 0.5) is 11.8 Å². The van der Waals surface area contributed by atoms with E-state index in [4.69, 9.17) is 9.40 Å². The molecule has 3 heterocycles. The third kappa shape index (κ3) is 4.72. The Balaban J connectivity index is 1.22. The van der Waals surface area contributed by atoms with E-state index in [0.717, 1.165) is 11.5 Å². The van der Waals surface area contributed by atoms with Crippen LogP contribution in [0.5, 0.6) is 0 Å². The molecule has 3 aromatic rings. The van der Waals surface area contributed by atoms with Crippen LogP contribution in [-0.4, -0.2) is 57.6 Å². The van der Waals surface area contributed by atoms with Crippen molar-refractivity contribution in [2.75, 3.05) is 36.4 Å². The van der Waals surface area contributed by atoms with Crippen molar-refractivity contribution in [2.24, 2.45) is 0 Å². The van der Waals surface area contributed by atoms with E-state index in [-0.39, 0.29) is 12.5 Å². The number of anilines is 2. The van der Waals surface area contributed by atoms with Crippen LogP contribution in [0.15, 0.2) is 39.5 Å². The molecule has 174 valence electrons. The molecule has 1 N–H and O–H groups in total. The molecular weight excluding hydrogens is 420 g/mol. The largest absolute Gasteiger partial charge is 0.420 e. The Morgan fingerprint density at radius 3 is 2.64 bits per heavy atom. The number of aromatic nitrogens is 3. The highest BCUT2D eigenvalue weighted by Crippen LogP contribution is 2.22. The van der Waals surface area contributed by atoms with Gasteiger partial charge in [0.15, 0.2) is 5.58 Å². The van der Waals surface area contributed by atoms with Crippen molar-refractivity contribution in [1.82, 2.24) is 19.4 Å². The molecule has 9 nitrogen and oxygen atoms in total. The van der Waals surface area contributed by atoms with Crippen molar-refractivity contribution >= 4 is 28.8 Å². The normalized spacial score (nSPS) is 17.5. The van der Waals surface area contributed by atoms with E-state index in [1.807, 2.05) is 25.1 Å². The Bertz CT molecular complexity index is 1190. The fourth-order valence-corrected chi connectivity index (χ4v) is 4.79. The van der Waals surface area contributed by atoms with Gasteiger partial charge in [-0.05, 0) is 31.9 Å². The highest BCUT2D eigenvalue weighted by molar-refractivity contribution is 5.79. The number of fused-ring (bicyclic) bond motifs is 1. The number of rotatable bonds is 5. The van der Waals surface area contributed by atoms with Gasteiger partial charge in [-0.25, -0.2) is 9.78 Å². The summed E-state index contributed by atoms with van der Waals surface area (Å²) >= 11 is 0. The Morgan fingerprint density at radius 2 is 1.85 bits per heavy atom. The van der Waals surface area contributed by atoms with Crippen LogP contribution >= 0.6 is 0 Å². The third-order valence-electron chi connectivity index (χ3n) is 6.60. The van der Waals surface area contributed by atoms with Gasteiger partial charge < -0.3 is 19.5 Å². The van der Waals surface area contributed by atoms with Gasteiger partial charge in [0.25, 0.3) is 0 Å². The van der Waals surface area contributed by atoms with Gasteiger partial charge >= 0.3 is 5.76 Å². The number of nitrogens with zero attached hydrogens (tertiary/aromatic N) is 5. The molecular formula is C24H30N6O3. The highest BCUT2D eigenvalue weighted by Gasteiger charge is 2.24. The smallest absolute Gasteiger partial charge is 0.408 e. The molecule has 1 aliphatic heterocycles. The van der Waals surface area contributed by atoms with E-state index in [1.165, 1.54) is 36.7 Å². The van der Waals surface area contributed by atoms with E-state index >= 15 is 0 Å². The van der Waals surface area contributed by atoms with E-state index in [0.29, 0.717) is 49.3 Å². The molecule has 0 bridgehead atoms. The Kier molecular flexibility index (Phi) is 6.02. The Hall–Kier alpha value is -3.36. The van der Waals surface area contributed by atoms with E-state index in [9.17, 15) is 9.59 Å².